The van der Waals surface area contributed by atoms with Crippen LogP contribution in [-0.4, -0.2) is 21.5 Å². The summed E-state index contributed by atoms with van der Waals surface area (Å²) in [5.74, 6) is -0.238. The van der Waals surface area contributed by atoms with E-state index in [1.165, 1.54) is 24.2 Å². The summed E-state index contributed by atoms with van der Waals surface area (Å²) in [6, 6.07) is 0. The molecule has 1 N–H and O–H groups in total. The highest BCUT2D eigenvalue weighted by molar-refractivity contribution is 7.15. The third kappa shape index (κ3) is 4.45. The van der Waals surface area contributed by atoms with Crippen molar-refractivity contribution in [1.82, 2.24) is 10.2 Å². The van der Waals surface area contributed by atoms with E-state index in [2.05, 4.69) is 22.4 Å². The molecule has 1 amide bonds. The van der Waals surface area contributed by atoms with Gasteiger partial charge < -0.3 is 0 Å². The van der Waals surface area contributed by atoms with E-state index >= 15 is 0 Å². The standard InChI is InChI=1S/C10H16ClN3OS/c1-3-4-5-6-8-13-14-10(16-8)12-9(15)7(2)11/h7H,3-6H2,1-2H3,(H,12,14,15)/t7-/m1/s1. The van der Waals surface area contributed by atoms with E-state index < -0.39 is 5.38 Å². The van der Waals surface area contributed by atoms with Gasteiger partial charge in [-0.1, -0.05) is 31.1 Å². The van der Waals surface area contributed by atoms with Crippen LogP contribution in [0.5, 0.6) is 0 Å². The van der Waals surface area contributed by atoms with Gasteiger partial charge in [-0.05, 0) is 13.3 Å². The van der Waals surface area contributed by atoms with E-state index in [1.807, 2.05) is 0 Å². The number of halogens is 1. The number of carbonyl (C=O) groups is 1. The van der Waals surface area contributed by atoms with Gasteiger partial charge in [0, 0.05) is 6.42 Å². The third-order valence-electron chi connectivity index (χ3n) is 2.05. The minimum Gasteiger partial charge on any atom is -0.299 e. The lowest BCUT2D eigenvalue weighted by Gasteiger charge is -2.00. The van der Waals surface area contributed by atoms with Crippen molar-refractivity contribution >= 4 is 34.0 Å². The average Bonchev–Trinajstić information content (AvgIpc) is 2.66. The molecule has 16 heavy (non-hydrogen) atoms. The van der Waals surface area contributed by atoms with E-state index in [4.69, 9.17) is 11.6 Å². The molecule has 4 nitrogen and oxygen atoms in total. The Balaban J connectivity index is 2.42. The Labute approximate surface area is 104 Å². The quantitative estimate of drug-likeness (QED) is 0.633. The Morgan fingerprint density at radius 2 is 2.25 bits per heavy atom. The molecule has 0 spiro atoms. The van der Waals surface area contributed by atoms with E-state index in [0.717, 1.165) is 17.8 Å². The first kappa shape index (κ1) is 13.4. The van der Waals surface area contributed by atoms with Gasteiger partial charge in [0.05, 0.1) is 0 Å². The van der Waals surface area contributed by atoms with Crippen molar-refractivity contribution in [3.8, 4) is 0 Å². The summed E-state index contributed by atoms with van der Waals surface area (Å²) in [6.07, 6.45) is 4.43. The molecule has 0 fully saturated rings. The summed E-state index contributed by atoms with van der Waals surface area (Å²) in [7, 11) is 0. The fraction of sp³-hybridized carbons (Fsp3) is 0.700. The number of unbranched alkanes of at least 4 members (excludes halogenated alkanes) is 2. The molecule has 1 heterocycles. The first-order valence-electron chi connectivity index (χ1n) is 5.40. The number of rotatable bonds is 6. The van der Waals surface area contributed by atoms with Crippen LogP contribution < -0.4 is 5.32 Å². The topological polar surface area (TPSA) is 54.9 Å². The summed E-state index contributed by atoms with van der Waals surface area (Å²) >= 11 is 7.05. The monoisotopic (exact) mass is 261 g/mol. The van der Waals surface area contributed by atoms with E-state index in [-0.39, 0.29) is 5.91 Å². The van der Waals surface area contributed by atoms with Crippen molar-refractivity contribution in [1.29, 1.82) is 0 Å². The first-order chi connectivity index (χ1) is 7.63. The Morgan fingerprint density at radius 1 is 1.50 bits per heavy atom. The van der Waals surface area contributed by atoms with Gasteiger partial charge in [-0.25, -0.2) is 0 Å². The van der Waals surface area contributed by atoms with Crippen molar-refractivity contribution < 1.29 is 4.79 Å². The Kier molecular flexibility index (Phi) is 5.69. The first-order valence-corrected chi connectivity index (χ1v) is 6.66. The summed E-state index contributed by atoms with van der Waals surface area (Å²) < 4.78 is 0. The van der Waals surface area contributed by atoms with Crippen LogP contribution in [0.3, 0.4) is 0 Å². The molecule has 0 radical (unpaired) electrons. The highest BCUT2D eigenvalue weighted by Crippen LogP contribution is 2.17. The number of nitrogens with one attached hydrogen (secondary N) is 1. The molecular weight excluding hydrogens is 246 g/mol. The molecule has 0 unspecified atom stereocenters. The molecule has 1 rings (SSSR count). The molecule has 0 aliphatic carbocycles. The van der Waals surface area contributed by atoms with Crippen LogP contribution in [0.25, 0.3) is 0 Å². The lowest BCUT2D eigenvalue weighted by Crippen LogP contribution is -2.20. The molecule has 1 aromatic rings. The molecular formula is C10H16ClN3OS. The molecule has 0 saturated heterocycles. The van der Waals surface area contributed by atoms with Gasteiger partial charge in [-0.15, -0.1) is 21.8 Å². The average molecular weight is 262 g/mol. The molecule has 0 saturated carbocycles. The number of aromatic nitrogens is 2. The zero-order valence-corrected chi connectivity index (χ0v) is 11.1. The van der Waals surface area contributed by atoms with Gasteiger partial charge in [0.2, 0.25) is 11.0 Å². The smallest absolute Gasteiger partial charge is 0.243 e. The highest BCUT2D eigenvalue weighted by Gasteiger charge is 2.12. The predicted molar refractivity (Wildman–Crippen MR) is 67.1 cm³/mol. The number of anilines is 1. The fourth-order valence-electron chi connectivity index (χ4n) is 1.14. The minimum atomic E-state index is -0.549. The maximum absolute atomic E-state index is 11.3. The highest BCUT2D eigenvalue weighted by atomic mass is 35.5. The van der Waals surface area contributed by atoms with Gasteiger partial charge in [0.15, 0.2) is 0 Å². The maximum Gasteiger partial charge on any atom is 0.243 e. The second-order valence-corrected chi connectivity index (χ2v) is 5.28. The lowest BCUT2D eigenvalue weighted by atomic mass is 10.2. The van der Waals surface area contributed by atoms with Gasteiger partial charge >= 0.3 is 0 Å². The predicted octanol–water partition coefficient (Wildman–Crippen LogP) is 2.84. The Hall–Kier alpha value is -0.680. The second-order valence-electron chi connectivity index (χ2n) is 3.56. The number of amides is 1. The number of hydrogen-bond donors (Lipinski definition) is 1. The van der Waals surface area contributed by atoms with Gasteiger partial charge in [-0.2, -0.15) is 0 Å². The maximum atomic E-state index is 11.3. The van der Waals surface area contributed by atoms with Crippen molar-refractivity contribution in [3.63, 3.8) is 0 Å². The largest absolute Gasteiger partial charge is 0.299 e. The Bertz CT molecular complexity index is 341. The van der Waals surface area contributed by atoms with Gasteiger partial charge in [0.1, 0.15) is 10.4 Å². The van der Waals surface area contributed by atoms with E-state index in [9.17, 15) is 4.79 Å². The molecule has 0 bridgehead atoms. The van der Waals surface area contributed by atoms with Crippen molar-refractivity contribution in [2.45, 2.75) is 44.9 Å². The number of aryl methyl sites for hydroxylation is 1. The summed E-state index contributed by atoms with van der Waals surface area (Å²) in [5.41, 5.74) is 0. The van der Waals surface area contributed by atoms with E-state index in [0.29, 0.717) is 5.13 Å². The van der Waals surface area contributed by atoms with Crippen LogP contribution in [-0.2, 0) is 11.2 Å². The van der Waals surface area contributed by atoms with Gasteiger partial charge in [0.25, 0.3) is 0 Å². The zero-order chi connectivity index (χ0) is 12.0. The lowest BCUT2D eigenvalue weighted by molar-refractivity contribution is -0.115. The van der Waals surface area contributed by atoms with Gasteiger partial charge in [-0.3, -0.25) is 10.1 Å². The molecule has 0 aliphatic heterocycles. The number of alkyl halides is 1. The zero-order valence-electron chi connectivity index (χ0n) is 9.49. The van der Waals surface area contributed by atoms with Crippen LogP contribution >= 0.6 is 22.9 Å². The summed E-state index contributed by atoms with van der Waals surface area (Å²) in [4.78, 5) is 11.3. The van der Waals surface area contributed by atoms with Crippen LogP contribution in [0.4, 0.5) is 5.13 Å². The number of nitrogens with zero attached hydrogens (tertiary/aromatic N) is 2. The summed E-state index contributed by atoms with van der Waals surface area (Å²) in [5, 5.41) is 11.5. The third-order valence-corrected chi connectivity index (χ3v) is 3.15. The Morgan fingerprint density at radius 3 is 2.88 bits per heavy atom. The van der Waals surface area contributed by atoms with Crippen molar-refractivity contribution in [3.05, 3.63) is 5.01 Å². The molecule has 0 aromatic carbocycles. The molecule has 90 valence electrons. The normalized spacial score (nSPS) is 12.4. The molecule has 1 atom stereocenters. The fourth-order valence-corrected chi connectivity index (χ4v) is 1.98. The second kappa shape index (κ2) is 6.81. The number of carbonyl (C=O) groups excluding carboxylic acids is 1. The minimum absolute atomic E-state index is 0.238. The molecule has 0 aliphatic rings. The molecule has 6 heteroatoms. The van der Waals surface area contributed by atoms with E-state index in [1.54, 1.807) is 6.92 Å². The molecule has 1 aromatic heterocycles. The van der Waals surface area contributed by atoms with Crippen LogP contribution in [0.1, 0.15) is 38.1 Å². The van der Waals surface area contributed by atoms with Crippen LogP contribution in [0.15, 0.2) is 0 Å². The van der Waals surface area contributed by atoms with Crippen molar-refractivity contribution in [2.75, 3.05) is 5.32 Å². The van der Waals surface area contributed by atoms with Crippen LogP contribution in [0.2, 0.25) is 0 Å². The van der Waals surface area contributed by atoms with Crippen molar-refractivity contribution in [2.24, 2.45) is 0 Å². The SMILES string of the molecule is CCCCCc1nnc(NC(=O)[C@@H](C)Cl)s1. The summed E-state index contributed by atoms with van der Waals surface area (Å²) in [6.45, 7) is 3.79. The van der Waals surface area contributed by atoms with Crippen LogP contribution in [0, 0.1) is 0 Å². The number of hydrogen-bond acceptors (Lipinski definition) is 4.